The topological polar surface area (TPSA) is 61.0 Å². The highest BCUT2D eigenvalue weighted by Crippen LogP contribution is 2.55. The number of hydrogen-bond donors (Lipinski definition) is 2. The minimum Gasteiger partial charge on any atom is -0.336 e. The summed E-state index contributed by atoms with van der Waals surface area (Å²) in [6.45, 7) is -1.11. The lowest BCUT2D eigenvalue weighted by molar-refractivity contribution is -0.334. The van der Waals surface area contributed by atoms with E-state index in [1.54, 1.807) is 0 Å². The Kier molecular flexibility index (Phi) is 5.03. The fourth-order valence-corrected chi connectivity index (χ4v) is 3.16. The molecule has 2 aliphatic rings. The van der Waals surface area contributed by atoms with Crippen molar-refractivity contribution in [2.45, 2.75) is 31.7 Å². The highest BCUT2D eigenvalue weighted by atomic mass is 35.5. The van der Waals surface area contributed by atoms with E-state index in [4.69, 9.17) is 0 Å². The van der Waals surface area contributed by atoms with Gasteiger partial charge in [-0.15, -0.1) is 12.4 Å². The number of hydrogen-bond acceptors (Lipinski definition) is 3. The van der Waals surface area contributed by atoms with Gasteiger partial charge in [-0.05, 0) is 6.42 Å². The molecule has 0 saturated carbocycles. The second-order valence-electron chi connectivity index (χ2n) is 6.01. The van der Waals surface area contributed by atoms with Crippen LogP contribution in [0.25, 0.3) is 0 Å². The lowest BCUT2D eigenvalue weighted by Crippen LogP contribution is -2.52. The third kappa shape index (κ3) is 3.07. The van der Waals surface area contributed by atoms with Gasteiger partial charge in [-0.1, -0.05) is 0 Å². The molecule has 0 aliphatic carbocycles. The summed E-state index contributed by atoms with van der Waals surface area (Å²) in [5, 5.41) is 9.41. The third-order valence-corrected chi connectivity index (χ3v) is 4.65. The molecular formula is C13H15ClF6N4O. The number of halogens is 7. The molecule has 3 heterocycles. The van der Waals surface area contributed by atoms with Crippen LogP contribution < -0.4 is 5.32 Å². The van der Waals surface area contributed by atoms with E-state index in [1.807, 2.05) is 0 Å². The highest BCUT2D eigenvalue weighted by molar-refractivity contribution is 5.94. The van der Waals surface area contributed by atoms with Crippen molar-refractivity contribution in [2.75, 3.05) is 19.6 Å². The van der Waals surface area contributed by atoms with Crippen LogP contribution >= 0.6 is 12.4 Å². The van der Waals surface area contributed by atoms with Crippen LogP contribution in [0.2, 0.25) is 0 Å². The SMILES string of the molecule is Cl.O=C(c1n[nH]c2c1CNCC2)N1CCC(C(F)(F)F)(C(F)(F)F)C1. The number of aromatic amines is 1. The van der Waals surface area contributed by atoms with E-state index in [0.717, 1.165) is 0 Å². The van der Waals surface area contributed by atoms with Gasteiger partial charge in [-0.2, -0.15) is 31.4 Å². The molecule has 0 spiro atoms. The molecule has 1 aromatic heterocycles. The minimum atomic E-state index is -5.48. The van der Waals surface area contributed by atoms with Gasteiger partial charge >= 0.3 is 12.4 Å². The summed E-state index contributed by atoms with van der Waals surface area (Å²) in [5.74, 6) is -0.911. The fourth-order valence-electron chi connectivity index (χ4n) is 3.16. The van der Waals surface area contributed by atoms with Gasteiger partial charge in [0.1, 0.15) is 0 Å². The number of carbonyl (C=O) groups excluding carboxylic acids is 1. The Balaban J connectivity index is 0.00000225. The fraction of sp³-hybridized carbons (Fsp3) is 0.692. The minimum absolute atomic E-state index is 0. The molecule has 1 aromatic rings. The first-order valence-corrected chi connectivity index (χ1v) is 7.26. The van der Waals surface area contributed by atoms with E-state index in [1.165, 1.54) is 0 Å². The van der Waals surface area contributed by atoms with Gasteiger partial charge in [0.2, 0.25) is 0 Å². The van der Waals surface area contributed by atoms with Gasteiger partial charge in [0, 0.05) is 43.9 Å². The average molecular weight is 393 g/mol. The van der Waals surface area contributed by atoms with Crippen LogP contribution in [-0.4, -0.2) is 53.0 Å². The summed E-state index contributed by atoms with van der Waals surface area (Å²) < 4.78 is 78.4. The molecule has 2 aliphatic heterocycles. The second-order valence-corrected chi connectivity index (χ2v) is 6.01. The van der Waals surface area contributed by atoms with Gasteiger partial charge in [-0.25, -0.2) is 0 Å². The van der Waals surface area contributed by atoms with Crippen LogP contribution in [0.5, 0.6) is 0 Å². The van der Waals surface area contributed by atoms with E-state index < -0.39 is 43.2 Å². The normalized spacial score (nSPS) is 20.2. The molecule has 1 saturated heterocycles. The summed E-state index contributed by atoms with van der Waals surface area (Å²) in [5.41, 5.74) is -2.82. The molecule has 0 atom stereocenters. The van der Waals surface area contributed by atoms with E-state index in [2.05, 4.69) is 15.5 Å². The Labute approximate surface area is 144 Å². The maximum Gasteiger partial charge on any atom is 0.404 e. The Bertz CT molecular complexity index is 642. The summed E-state index contributed by atoms with van der Waals surface area (Å²) in [4.78, 5) is 13.0. The zero-order chi connectivity index (χ0) is 17.8. The Morgan fingerprint density at radius 2 is 1.80 bits per heavy atom. The van der Waals surface area contributed by atoms with E-state index >= 15 is 0 Å². The number of likely N-dealkylation sites (tertiary alicyclic amines) is 1. The number of rotatable bonds is 1. The van der Waals surface area contributed by atoms with E-state index in [9.17, 15) is 31.1 Å². The molecule has 0 bridgehead atoms. The number of H-pyrrole nitrogens is 1. The molecule has 1 fully saturated rings. The van der Waals surface area contributed by atoms with Crippen molar-refractivity contribution in [1.29, 1.82) is 0 Å². The standard InChI is InChI=1S/C13H14F6N4O.ClH/c14-12(15,16)11(13(17,18)19)2-4-23(6-11)10(24)9-7-5-20-3-1-8(7)21-22-9;/h20H,1-6H2,(H,21,22);1H. The summed E-state index contributed by atoms with van der Waals surface area (Å²) in [7, 11) is 0. The van der Waals surface area contributed by atoms with E-state index in [0.29, 0.717) is 35.7 Å². The Morgan fingerprint density at radius 1 is 1.16 bits per heavy atom. The number of fused-ring (bicyclic) bond motifs is 1. The van der Waals surface area contributed by atoms with Crippen molar-refractivity contribution in [2.24, 2.45) is 5.41 Å². The number of aromatic nitrogens is 2. The predicted molar refractivity (Wildman–Crippen MR) is 76.3 cm³/mol. The highest BCUT2D eigenvalue weighted by Gasteiger charge is 2.73. The molecule has 142 valence electrons. The van der Waals surface area contributed by atoms with Crippen molar-refractivity contribution < 1.29 is 31.1 Å². The Hall–Kier alpha value is -1.49. The molecule has 3 rings (SSSR count). The van der Waals surface area contributed by atoms with Gasteiger partial charge in [-0.3, -0.25) is 9.89 Å². The molecule has 25 heavy (non-hydrogen) atoms. The first-order valence-electron chi connectivity index (χ1n) is 7.26. The number of alkyl halides is 6. The van der Waals surface area contributed by atoms with Crippen LogP contribution in [0.1, 0.15) is 28.2 Å². The van der Waals surface area contributed by atoms with Gasteiger partial charge in [0.25, 0.3) is 5.91 Å². The van der Waals surface area contributed by atoms with Crippen LogP contribution in [0.3, 0.4) is 0 Å². The quantitative estimate of drug-likeness (QED) is 0.722. The third-order valence-electron chi connectivity index (χ3n) is 4.65. The number of nitrogens with one attached hydrogen (secondary N) is 2. The van der Waals surface area contributed by atoms with E-state index in [-0.39, 0.29) is 18.1 Å². The number of carbonyl (C=O) groups is 1. The molecule has 1 amide bonds. The summed E-state index contributed by atoms with van der Waals surface area (Å²) in [6, 6.07) is 0. The zero-order valence-electron chi connectivity index (χ0n) is 12.7. The van der Waals surface area contributed by atoms with Crippen LogP contribution in [0, 0.1) is 5.41 Å². The maximum atomic E-state index is 13.1. The van der Waals surface area contributed by atoms with Gasteiger partial charge in [0.15, 0.2) is 11.1 Å². The smallest absolute Gasteiger partial charge is 0.336 e. The van der Waals surface area contributed by atoms with Crippen molar-refractivity contribution in [3.8, 4) is 0 Å². The van der Waals surface area contributed by atoms with Crippen molar-refractivity contribution >= 4 is 18.3 Å². The number of nitrogens with zero attached hydrogens (tertiary/aromatic N) is 2. The molecule has 0 radical (unpaired) electrons. The maximum absolute atomic E-state index is 13.1. The van der Waals surface area contributed by atoms with Crippen LogP contribution in [-0.2, 0) is 13.0 Å². The molecule has 0 aromatic carbocycles. The van der Waals surface area contributed by atoms with Crippen molar-refractivity contribution in [3.05, 3.63) is 17.0 Å². The lowest BCUT2D eigenvalue weighted by Gasteiger charge is -2.33. The van der Waals surface area contributed by atoms with Crippen molar-refractivity contribution in [1.82, 2.24) is 20.4 Å². The van der Waals surface area contributed by atoms with Crippen molar-refractivity contribution in [3.63, 3.8) is 0 Å². The molecule has 12 heteroatoms. The lowest BCUT2D eigenvalue weighted by atomic mass is 9.85. The first kappa shape index (κ1) is 19.8. The van der Waals surface area contributed by atoms with Gasteiger partial charge in [0.05, 0.1) is 0 Å². The molecule has 5 nitrogen and oxygen atoms in total. The zero-order valence-corrected chi connectivity index (χ0v) is 13.5. The van der Waals surface area contributed by atoms with Crippen LogP contribution in [0.4, 0.5) is 26.3 Å². The largest absolute Gasteiger partial charge is 0.404 e. The van der Waals surface area contributed by atoms with Crippen LogP contribution in [0.15, 0.2) is 0 Å². The molecule has 2 N–H and O–H groups in total. The average Bonchev–Trinajstić information content (AvgIpc) is 3.10. The molecular weight excluding hydrogens is 378 g/mol. The second kappa shape index (κ2) is 6.35. The monoisotopic (exact) mass is 392 g/mol. The summed E-state index contributed by atoms with van der Waals surface area (Å²) >= 11 is 0. The predicted octanol–water partition coefficient (Wildman–Crippen LogP) is 2.43. The number of amides is 1. The molecule has 0 unspecified atom stereocenters. The Morgan fingerprint density at radius 3 is 2.36 bits per heavy atom. The first-order chi connectivity index (χ1) is 11.1. The summed E-state index contributed by atoms with van der Waals surface area (Å²) in [6.07, 6.45) is -11.6. The van der Waals surface area contributed by atoms with Gasteiger partial charge < -0.3 is 10.2 Å².